The molecule has 0 amide bonds. The number of hydrogen-bond acceptors (Lipinski definition) is 3. The fourth-order valence-electron chi connectivity index (χ4n) is 1.87. The standard InChI is InChI=1S/C14H22O3/c1-5-14(15,6-2)10-11-7-8-12(16-3)13(9-11)17-4/h7-9,15H,5-6,10H2,1-4H3. The molecule has 3 heteroatoms. The molecule has 17 heavy (non-hydrogen) atoms. The highest BCUT2D eigenvalue weighted by atomic mass is 16.5. The second-order valence-electron chi connectivity index (χ2n) is 4.30. The summed E-state index contributed by atoms with van der Waals surface area (Å²) >= 11 is 0. The van der Waals surface area contributed by atoms with Crippen molar-refractivity contribution in [3.05, 3.63) is 23.8 Å². The van der Waals surface area contributed by atoms with Crippen molar-refractivity contribution in [2.75, 3.05) is 14.2 Å². The van der Waals surface area contributed by atoms with Crippen LogP contribution in [-0.4, -0.2) is 24.9 Å². The van der Waals surface area contributed by atoms with E-state index >= 15 is 0 Å². The molecule has 0 unspecified atom stereocenters. The molecular weight excluding hydrogens is 216 g/mol. The zero-order valence-electron chi connectivity index (χ0n) is 11.1. The molecule has 1 rings (SSSR count). The number of aliphatic hydroxyl groups is 1. The van der Waals surface area contributed by atoms with Crippen LogP contribution in [0, 0.1) is 0 Å². The van der Waals surface area contributed by atoms with Crippen molar-refractivity contribution < 1.29 is 14.6 Å². The lowest BCUT2D eigenvalue weighted by Crippen LogP contribution is -2.29. The van der Waals surface area contributed by atoms with Gasteiger partial charge in [0.05, 0.1) is 19.8 Å². The first-order valence-electron chi connectivity index (χ1n) is 6.01. The highest BCUT2D eigenvalue weighted by Gasteiger charge is 2.23. The van der Waals surface area contributed by atoms with Crippen LogP contribution in [0.3, 0.4) is 0 Å². The van der Waals surface area contributed by atoms with E-state index in [-0.39, 0.29) is 0 Å². The summed E-state index contributed by atoms with van der Waals surface area (Å²) in [6, 6.07) is 5.77. The first-order chi connectivity index (χ1) is 8.08. The minimum absolute atomic E-state index is 0.625. The summed E-state index contributed by atoms with van der Waals surface area (Å²) < 4.78 is 10.4. The van der Waals surface area contributed by atoms with E-state index in [1.807, 2.05) is 32.0 Å². The SMILES string of the molecule is CCC(O)(CC)Cc1ccc(OC)c(OC)c1. The van der Waals surface area contributed by atoms with Crippen molar-refractivity contribution in [3.8, 4) is 11.5 Å². The van der Waals surface area contributed by atoms with Gasteiger partial charge in [-0.25, -0.2) is 0 Å². The maximum atomic E-state index is 10.3. The van der Waals surface area contributed by atoms with E-state index in [0.717, 1.165) is 18.4 Å². The lowest BCUT2D eigenvalue weighted by atomic mass is 9.89. The van der Waals surface area contributed by atoms with Gasteiger partial charge in [-0.05, 0) is 30.5 Å². The van der Waals surface area contributed by atoms with Crippen LogP contribution in [0.15, 0.2) is 18.2 Å². The number of methoxy groups -OCH3 is 2. The molecule has 1 aromatic rings. The van der Waals surface area contributed by atoms with E-state index in [2.05, 4.69) is 0 Å². The molecule has 0 aliphatic carbocycles. The summed E-state index contributed by atoms with van der Waals surface area (Å²) in [6.07, 6.45) is 2.13. The summed E-state index contributed by atoms with van der Waals surface area (Å²) in [6.45, 7) is 4.01. The molecule has 0 atom stereocenters. The molecule has 0 aliphatic rings. The largest absolute Gasteiger partial charge is 0.493 e. The Morgan fingerprint density at radius 2 is 1.65 bits per heavy atom. The van der Waals surface area contributed by atoms with Crippen molar-refractivity contribution in [2.24, 2.45) is 0 Å². The number of rotatable bonds is 6. The predicted molar refractivity (Wildman–Crippen MR) is 68.8 cm³/mol. The summed E-state index contributed by atoms with van der Waals surface area (Å²) in [5.41, 5.74) is 0.438. The minimum atomic E-state index is -0.625. The predicted octanol–water partition coefficient (Wildman–Crippen LogP) is 2.80. The third-order valence-electron chi connectivity index (χ3n) is 3.30. The summed E-state index contributed by atoms with van der Waals surface area (Å²) in [7, 11) is 3.24. The zero-order valence-corrected chi connectivity index (χ0v) is 11.1. The lowest BCUT2D eigenvalue weighted by Gasteiger charge is -2.25. The molecule has 96 valence electrons. The molecule has 1 N–H and O–H groups in total. The Kier molecular flexibility index (Phi) is 4.82. The smallest absolute Gasteiger partial charge is 0.160 e. The molecule has 0 saturated carbocycles. The quantitative estimate of drug-likeness (QED) is 0.828. The Morgan fingerprint density at radius 3 is 2.12 bits per heavy atom. The number of hydrogen-bond donors (Lipinski definition) is 1. The second kappa shape index (κ2) is 5.92. The Labute approximate surface area is 103 Å². The van der Waals surface area contributed by atoms with Gasteiger partial charge in [-0.1, -0.05) is 19.9 Å². The van der Waals surface area contributed by atoms with Crippen molar-refractivity contribution in [1.82, 2.24) is 0 Å². The Morgan fingerprint density at radius 1 is 1.06 bits per heavy atom. The van der Waals surface area contributed by atoms with E-state index in [1.54, 1.807) is 14.2 Å². The highest BCUT2D eigenvalue weighted by Crippen LogP contribution is 2.30. The van der Waals surface area contributed by atoms with Crippen LogP contribution in [0.2, 0.25) is 0 Å². The molecule has 0 radical (unpaired) electrons. The van der Waals surface area contributed by atoms with Gasteiger partial charge >= 0.3 is 0 Å². The van der Waals surface area contributed by atoms with E-state index in [9.17, 15) is 5.11 Å². The molecule has 0 fully saturated rings. The fourth-order valence-corrected chi connectivity index (χ4v) is 1.87. The van der Waals surface area contributed by atoms with Gasteiger partial charge in [-0.2, -0.15) is 0 Å². The molecule has 0 spiro atoms. The van der Waals surface area contributed by atoms with Crippen LogP contribution in [0.1, 0.15) is 32.3 Å². The lowest BCUT2D eigenvalue weighted by molar-refractivity contribution is 0.0326. The monoisotopic (exact) mass is 238 g/mol. The van der Waals surface area contributed by atoms with Gasteiger partial charge < -0.3 is 14.6 Å². The van der Waals surface area contributed by atoms with Crippen molar-refractivity contribution in [2.45, 2.75) is 38.7 Å². The average molecular weight is 238 g/mol. The second-order valence-corrected chi connectivity index (χ2v) is 4.30. The van der Waals surface area contributed by atoms with E-state index in [0.29, 0.717) is 17.9 Å². The average Bonchev–Trinajstić information content (AvgIpc) is 2.38. The molecular formula is C14H22O3. The first kappa shape index (κ1) is 13.8. The number of ether oxygens (including phenoxy) is 2. The van der Waals surface area contributed by atoms with Gasteiger partial charge in [0.2, 0.25) is 0 Å². The van der Waals surface area contributed by atoms with Crippen LogP contribution in [-0.2, 0) is 6.42 Å². The molecule has 1 aromatic carbocycles. The van der Waals surface area contributed by atoms with Crippen molar-refractivity contribution in [1.29, 1.82) is 0 Å². The highest BCUT2D eigenvalue weighted by molar-refractivity contribution is 5.43. The summed E-state index contributed by atoms with van der Waals surface area (Å²) in [5, 5.41) is 10.3. The number of benzene rings is 1. The summed E-state index contributed by atoms with van der Waals surface area (Å²) in [4.78, 5) is 0. The van der Waals surface area contributed by atoms with E-state index in [1.165, 1.54) is 0 Å². The van der Waals surface area contributed by atoms with E-state index in [4.69, 9.17) is 9.47 Å². The minimum Gasteiger partial charge on any atom is -0.493 e. The molecule has 0 aromatic heterocycles. The maximum absolute atomic E-state index is 10.3. The van der Waals surface area contributed by atoms with Gasteiger partial charge in [0, 0.05) is 6.42 Å². The van der Waals surface area contributed by atoms with Gasteiger partial charge in [0.15, 0.2) is 11.5 Å². The third kappa shape index (κ3) is 3.37. The third-order valence-corrected chi connectivity index (χ3v) is 3.30. The zero-order chi connectivity index (χ0) is 12.9. The molecule has 0 aliphatic heterocycles. The Balaban J connectivity index is 2.93. The van der Waals surface area contributed by atoms with Gasteiger partial charge in [0.25, 0.3) is 0 Å². The van der Waals surface area contributed by atoms with Gasteiger partial charge in [-0.3, -0.25) is 0 Å². The normalized spacial score (nSPS) is 11.4. The van der Waals surface area contributed by atoms with Gasteiger partial charge in [0.1, 0.15) is 0 Å². The molecule has 0 saturated heterocycles. The van der Waals surface area contributed by atoms with Crippen molar-refractivity contribution in [3.63, 3.8) is 0 Å². The first-order valence-corrected chi connectivity index (χ1v) is 6.01. The van der Waals surface area contributed by atoms with Gasteiger partial charge in [-0.15, -0.1) is 0 Å². The molecule has 0 bridgehead atoms. The van der Waals surface area contributed by atoms with E-state index < -0.39 is 5.60 Å². The molecule has 3 nitrogen and oxygen atoms in total. The molecule has 0 heterocycles. The van der Waals surface area contributed by atoms with Crippen LogP contribution in [0.25, 0.3) is 0 Å². The maximum Gasteiger partial charge on any atom is 0.160 e. The van der Waals surface area contributed by atoms with Crippen LogP contribution >= 0.6 is 0 Å². The Bertz CT molecular complexity index is 356. The van der Waals surface area contributed by atoms with Crippen molar-refractivity contribution >= 4 is 0 Å². The van der Waals surface area contributed by atoms with Crippen LogP contribution in [0.4, 0.5) is 0 Å². The topological polar surface area (TPSA) is 38.7 Å². The summed E-state index contributed by atoms with van der Waals surface area (Å²) in [5.74, 6) is 1.42. The Hall–Kier alpha value is -1.22. The fraction of sp³-hybridized carbons (Fsp3) is 0.571. The van der Waals surface area contributed by atoms with Crippen LogP contribution in [0.5, 0.6) is 11.5 Å². The van der Waals surface area contributed by atoms with Crippen LogP contribution < -0.4 is 9.47 Å².